The summed E-state index contributed by atoms with van der Waals surface area (Å²) in [5, 5.41) is 17.8. The second-order valence-corrected chi connectivity index (χ2v) is 0.983. The number of aliphatic carboxylic acids is 2. The van der Waals surface area contributed by atoms with Gasteiger partial charge in [0, 0.05) is 11.9 Å². The van der Waals surface area contributed by atoms with Crippen LogP contribution in [0.25, 0.3) is 0 Å². The van der Waals surface area contributed by atoms with E-state index in [1.807, 2.05) is 0 Å². The molecule has 0 fully saturated rings. The first kappa shape index (κ1) is 15.9. The molecule has 0 amide bonds. The standard InChI is InChI=1S/2C2H4O2.Zr/c2*1-2(3)4;/h2*1H3,(H,3,4);/q;;+2/p-2. The second kappa shape index (κ2) is 10.7. The molecule has 0 unspecified atom stereocenters. The molecule has 4 nitrogen and oxygen atoms in total. The van der Waals surface area contributed by atoms with Crippen molar-refractivity contribution in [1.29, 1.82) is 0 Å². The van der Waals surface area contributed by atoms with Crippen LogP contribution in [0.15, 0.2) is 0 Å². The number of hydrogen-bond donors (Lipinski definition) is 0. The maximum Gasteiger partial charge on any atom is 2.00 e. The van der Waals surface area contributed by atoms with Crippen molar-refractivity contribution in [2.75, 3.05) is 0 Å². The van der Waals surface area contributed by atoms with Gasteiger partial charge in [-0.15, -0.1) is 0 Å². The van der Waals surface area contributed by atoms with E-state index in [1.54, 1.807) is 0 Å². The first-order chi connectivity index (χ1) is 3.46. The van der Waals surface area contributed by atoms with E-state index in [1.165, 1.54) is 0 Å². The number of hydrogen-bond acceptors (Lipinski definition) is 4. The summed E-state index contributed by atoms with van der Waals surface area (Å²) in [5.74, 6) is -2.17. The van der Waals surface area contributed by atoms with Gasteiger partial charge in [-0.1, -0.05) is 0 Å². The van der Waals surface area contributed by atoms with E-state index in [0.29, 0.717) is 0 Å². The third kappa shape index (κ3) is 8480. The largest absolute Gasteiger partial charge is 2.00 e. The summed E-state index contributed by atoms with van der Waals surface area (Å²) in [6, 6.07) is 0. The third-order valence-corrected chi connectivity index (χ3v) is 0. The molecule has 0 aromatic carbocycles. The Labute approximate surface area is 72.0 Å². The Morgan fingerprint density at radius 3 is 1.00 bits per heavy atom. The van der Waals surface area contributed by atoms with Gasteiger partial charge in [0.15, 0.2) is 0 Å². The molecule has 0 N–H and O–H groups in total. The first-order valence-electron chi connectivity index (χ1n) is 1.82. The predicted octanol–water partition coefficient (Wildman–Crippen LogP) is -2.49. The number of carbonyl (C=O) groups excluding carboxylic acids is 2. The van der Waals surface area contributed by atoms with Crippen LogP contribution in [-0.4, -0.2) is 11.9 Å². The number of carbonyl (C=O) groups is 2. The summed E-state index contributed by atoms with van der Waals surface area (Å²) >= 11 is 0. The summed E-state index contributed by atoms with van der Waals surface area (Å²) in [6.07, 6.45) is 0. The molecule has 0 aliphatic carbocycles. The van der Waals surface area contributed by atoms with E-state index in [4.69, 9.17) is 19.8 Å². The molecule has 50 valence electrons. The van der Waals surface area contributed by atoms with Crippen molar-refractivity contribution in [3.8, 4) is 0 Å². The zero-order valence-corrected chi connectivity index (χ0v) is 7.59. The molecule has 0 atom stereocenters. The van der Waals surface area contributed by atoms with Crippen molar-refractivity contribution in [2.24, 2.45) is 0 Å². The predicted molar refractivity (Wildman–Crippen MR) is 21.4 cm³/mol. The van der Waals surface area contributed by atoms with Crippen LogP contribution in [0, 0.1) is 0 Å². The first-order valence-corrected chi connectivity index (χ1v) is 1.82. The molecule has 0 aromatic rings. The smallest absolute Gasteiger partial charge is 0.550 e. The summed E-state index contributed by atoms with van der Waals surface area (Å²) in [7, 11) is 0. The Morgan fingerprint density at radius 2 is 1.00 bits per heavy atom. The molecule has 0 radical (unpaired) electrons. The molecule has 0 aromatic heterocycles. The van der Waals surface area contributed by atoms with Crippen LogP contribution in [0.5, 0.6) is 0 Å². The average molecular weight is 209 g/mol. The number of carboxylic acid groups (broad SMARTS) is 2. The third-order valence-electron chi connectivity index (χ3n) is 0. The van der Waals surface area contributed by atoms with E-state index in [0.717, 1.165) is 13.8 Å². The molecule has 0 bridgehead atoms. The SMILES string of the molecule is CC(=O)[O-].CC(=O)[O-].[Zr+2]. The maximum absolute atomic E-state index is 8.89. The molecule has 9 heavy (non-hydrogen) atoms. The molecule has 0 aliphatic heterocycles. The van der Waals surface area contributed by atoms with Crippen molar-refractivity contribution in [3.05, 3.63) is 0 Å². The van der Waals surface area contributed by atoms with Crippen molar-refractivity contribution < 1.29 is 46.0 Å². The zero-order chi connectivity index (χ0) is 7.15. The van der Waals surface area contributed by atoms with Gasteiger partial charge in [-0.25, -0.2) is 0 Å². The van der Waals surface area contributed by atoms with E-state index < -0.39 is 11.9 Å². The van der Waals surface area contributed by atoms with Crippen LogP contribution < -0.4 is 10.2 Å². The average Bonchev–Trinajstić information content (AvgIpc) is 1.25. The summed E-state index contributed by atoms with van der Waals surface area (Å²) in [6.45, 7) is 1.94. The van der Waals surface area contributed by atoms with Gasteiger partial charge in [0.25, 0.3) is 0 Å². The molecule has 0 saturated carbocycles. The molecule has 5 heteroatoms. The Hall–Kier alpha value is -0.177. The van der Waals surface area contributed by atoms with Crippen LogP contribution in [0.3, 0.4) is 0 Å². The van der Waals surface area contributed by atoms with Gasteiger partial charge in [-0.05, 0) is 13.8 Å². The fourth-order valence-corrected chi connectivity index (χ4v) is 0. The Balaban J connectivity index is -0.0000000720. The van der Waals surface area contributed by atoms with Gasteiger partial charge in [0.2, 0.25) is 0 Å². The van der Waals surface area contributed by atoms with E-state index in [2.05, 4.69) is 0 Å². The normalized spacial score (nSPS) is 5.56. The minimum atomic E-state index is -1.08. The Bertz CT molecular complexity index is 70.6. The van der Waals surface area contributed by atoms with Crippen LogP contribution in [-0.2, 0) is 35.8 Å². The molecule has 0 heterocycles. The molecule has 0 spiro atoms. The number of rotatable bonds is 0. The van der Waals surface area contributed by atoms with Crippen molar-refractivity contribution in [3.63, 3.8) is 0 Å². The van der Waals surface area contributed by atoms with Crippen LogP contribution in [0.1, 0.15) is 13.8 Å². The number of carboxylic acids is 2. The van der Waals surface area contributed by atoms with Crippen molar-refractivity contribution in [1.82, 2.24) is 0 Å². The molecule has 0 saturated heterocycles. The van der Waals surface area contributed by atoms with Gasteiger partial charge in [0.05, 0.1) is 0 Å². The van der Waals surface area contributed by atoms with Gasteiger partial charge in [-0.3, -0.25) is 0 Å². The monoisotopic (exact) mass is 208 g/mol. The molecular weight excluding hydrogens is 203 g/mol. The maximum atomic E-state index is 8.89. The van der Waals surface area contributed by atoms with Gasteiger partial charge >= 0.3 is 26.2 Å². The van der Waals surface area contributed by atoms with Crippen LogP contribution in [0.4, 0.5) is 0 Å². The van der Waals surface area contributed by atoms with Gasteiger partial charge in [0.1, 0.15) is 0 Å². The fourth-order valence-electron chi connectivity index (χ4n) is 0. The Morgan fingerprint density at radius 1 is 1.00 bits per heavy atom. The van der Waals surface area contributed by atoms with E-state index >= 15 is 0 Å². The molecule has 0 rings (SSSR count). The summed E-state index contributed by atoms with van der Waals surface area (Å²) in [5.41, 5.74) is 0. The second-order valence-electron chi connectivity index (χ2n) is 0.983. The minimum Gasteiger partial charge on any atom is -0.550 e. The van der Waals surface area contributed by atoms with E-state index in [9.17, 15) is 0 Å². The molecule has 0 aliphatic rings. The van der Waals surface area contributed by atoms with Crippen molar-refractivity contribution >= 4 is 11.9 Å². The summed E-state index contributed by atoms with van der Waals surface area (Å²) in [4.78, 5) is 17.8. The minimum absolute atomic E-state index is 0. The topological polar surface area (TPSA) is 80.3 Å². The van der Waals surface area contributed by atoms with Crippen LogP contribution >= 0.6 is 0 Å². The fraction of sp³-hybridized carbons (Fsp3) is 0.500. The van der Waals surface area contributed by atoms with Crippen molar-refractivity contribution in [2.45, 2.75) is 13.8 Å². The molecular formula is C4H6O4Zr. The quantitative estimate of drug-likeness (QED) is 0.442. The summed E-state index contributed by atoms with van der Waals surface area (Å²) < 4.78 is 0. The Kier molecular flexibility index (Phi) is 19.0. The zero-order valence-electron chi connectivity index (χ0n) is 5.13. The van der Waals surface area contributed by atoms with Gasteiger partial charge in [-0.2, -0.15) is 0 Å². The van der Waals surface area contributed by atoms with E-state index in [-0.39, 0.29) is 26.2 Å². The van der Waals surface area contributed by atoms with Gasteiger partial charge < -0.3 is 19.8 Å². The van der Waals surface area contributed by atoms with Crippen LogP contribution in [0.2, 0.25) is 0 Å².